The lowest BCUT2D eigenvalue weighted by molar-refractivity contribution is -0.569. The van der Waals surface area contributed by atoms with Gasteiger partial charge in [0.2, 0.25) is 0 Å². The molecule has 1 aromatic rings. The van der Waals surface area contributed by atoms with E-state index in [1.54, 1.807) is 12.1 Å². The molecule has 4 fully saturated rings. The zero-order valence-corrected chi connectivity index (χ0v) is 12.9. The van der Waals surface area contributed by atoms with Crippen LogP contribution in [0.2, 0.25) is 0 Å². The molecule has 1 aliphatic heterocycles. The highest BCUT2D eigenvalue weighted by molar-refractivity contribution is 5.40. The third-order valence-corrected chi connectivity index (χ3v) is 6.93. The van der Waals surface area contributed by atoms with E-state index in [2.05, 4.69) is 0 Å². The standard InChI is InChI=1S/C18H21NO4/c20-16-14-3-1-2-4-15(14)23-18(17(16)19(21)22)12-6-10-5-11(8-12)9-13(18)7-10/h1-4,10-13,16-17,20H,5-9H2/t10?,11?,12?,13?,16-,17+,18?/m1/s1. The Morgan fingerprint density at radius 1 is 1.09 bits per heavy atom. The highest BCUT2D eigenvalue weighted by Gasteiger charge is 2.69. The quantitative estimate of drug-likeness (QED) is 0.639. The van der Waals surface area contributed by atoms with Gasteiger partial charge in [-0.15, -0.1) is 0 Å². The van der Waals surface area contributed by atoms with Crippen molar-refractivity contribution in [1.82, 2.24) is 0 Å². The molecule has 1 aromatic carbocycles. The Balaban J connectivity index is 1.68. The second kappa shape index (κ2) is 4.47. The summed E-state index contributed by atoms with van der Waals surface area (Å²) >= 11 is 0. The largest absolute Gasteiger partial charge is 0.479 e. The molecule has 4 saturated carbocycles. The summed E-state index contributed by atoms with van der Waals surface area (Å²) < 4.78 is 6.44. The molecule has 1 N–H and O–H groups in total. The van der Waals surface area contributed by atoms with Crippen LogP contribution in [0.4, 0.5) is 0 Å². The van der Waals surface area contributed by atoms with Crippen LogP contribution in [0.3, 0.4) is 0 Å². The summed E-state index contributed by atoms with van der Waals surface area (Å²) in [6.07, 6.45) is 4.29. The number of aliphatic hydroxyl groups is 1. The molecule has 6 rings (SSSR count). The van der Waals surface area contributed by atoms with E-state index in [4.69, 9.17) is 4.74 Å². The SMILES string of the molecule is O=[N+]([O-])[C@H]1[C@H](O)c2ccccc2OC12C1CC3CC(C1)CC2C3. The van der Waals surface area contributed by atoms with E-state index >= 15 is 0 Å². The van der Waals surface area contributed by atoms with Gasteiger partial charge in [-0.25, -0.2) is 0 Å². The molecule has 122 valence electrons. The van der Waals surface area contributed by atoms with Crippen molar-refractivity contribution in [3.8, 4) is 5.75 Å². The van der Waals surface area contributed by atoms with Crippen molar-refractivity contribution in [2.45, 2.75) is 49.9 Å². The monoisotopic (exact) mass is 315 g/mol. The van der Waals surface area contributed by atoms with Gasteiger partial charge in [-0.1, -0.05) is 18.2 Å². The van der Waals surface area contributed by atoms with Crippen LogP contribution in [0.25, 0.3) is 0 Å². The summed E-state index contributed by atoms with van der Waals surface area (Å²) in [6, 6.07) is 6.23. The Morgan fingerprint density at radius 2 is 1.70 bits per heavy atom. The first-order chi connectivity index (χ1) is 11.1. The first-order valence-electron chi connectivity index (χ1n) is 8.69. The van der Waals surface area contributed by atoms with Crippen LogP contribution in [-0.4, -0.2) is 21.7 Å². The molecule has 0 saturated heterocycles. The number of fused-ring (bicyclic) bond motifs is 1. The highest BCUT2D eigenvalue weighted by Crippen LogP contribution is 2.63. The van der Waals surface area contributed by atoms with E-state index in [0.717, 1.165) is 25.7 Å². The van der Waals surface area contributed by atoms with Gasteiger partial charge in [-0.2, -0.15) is 0 Å². The number of hydrogen-bond donors (Lipinski definition) is 1. The zero-order chi connectivity index (χ0) is 15.8. The highest BCUT2D eigenvalue weighted by atomic mass is 16.6. The number of hydrogen-bond acceptors (Lipinski definition) is 4. The fourth-order valence-electron chi connectivity index (χ4n) is 6.34. The van der Waals surface area contributed by atoms with Crippen molar-refractivity contribution in [1.29, 1.82) is 0 Å². The summed E-state index contributed by atoms with van der Waals surface area (Å²) in [5.41, 5.74) is -0.251. The molecular formula is C18H21NO4. The van der Waals surface area contributed by atoms with Gasteiger partial charge in [0.25, 0.3) is 6.04 Å². The van der Waals surface area contributed by atoms with E-state index in [1.165, 1.54) is 6.42 Å². The summed E-state index contributed by atoms with van der Waals surface area (Å²) in [5, 5.41) is 22.8. The maximum atomic E-state index is 11.9. The lowest BCUT2D eigenvalue weighted by Gasteiger charge is -2.61. The molecule has 5 nitrogen and oxygen atoms in total. The third-order valence-electron chi connectivity index (χ3n) is 6.93. The van der Waals surface area contributed by atoms with E-state index in [1.807, 2.05) is 12.1 Å². The average Bonchev–Trinajstić information content (AvgIpc) is 2.51. The number of ether oxygens (including phenoxy) is 1. The normalized spacial score (nSPS) is 46.5. The van der Waals surface area contributed by atoms with Crippen LogP contribution in [0, 0.1) is 33.8 Å². The van der Waals surface area contributed by atoms with Crippen molar-refractivity contribution in [2.75, 3.05) is 0 Å². The number of nitrogens with zero attached hydrogens (tertiary/aromatic N) is 1. The predicted molar refractivity (Wildman–Crippen MR) is 82.6 cm³/mol. The van der Waals surface area contributed by atoms with Gasteiger partial charge in [0, 0.05) is 22.3 Å². The van der Waals surface area contributed by atoms with Crippen molar-refractivity contribution < 1.29 is 14.8 Å². The van der Waals surface area contributed by atoms with E-state index in [9.17, 15) is 15.2 Å². The van der Waals surface area contributed by atoms with Crippen LogP contribution in [0.5, 0.6) is 5.75 Å². The van der Waals surface area contributed by atoms with E-state index < -0.39 is 17.7 Å². The van der Waals surface area contributed by atoms with Crippen molar-refractivity contribution in [2.24, 2.45) is 23.7 Å². The maximum absolute atomic E-state index is 11.9. The summed E-state index contributed by atoms with van der Waals surface area (Å²) in [6.45, 7) is 0. The van der Waals surface area contributed by atoms with Gasteiger partial charge in [0.05, 0.1) is 0 Å². The molecule has 0 aromatic heterocycles. The summed E-state index contributed by atoms with van der Waals surface area (Å²) in [4.78, 5) is 11.7. The third kappa shape index (κ3) is 1.66. The molecular weight excluding hydrogens is 294 g/mol. The van der Waals surface area contributed by atoms with Gasteiger partial charge in [0.15, 0.2) is 11.7 Å². The van der Waals surface area contributed by atoms with Crippen molar-refractivity contribution >= 4 is 0 Å². The second-order valence-corrected chi connectivity index (χ2v) is 7.97. The number of aliphatic hydroxyl groups excluding tert-OH is 1. The van der Waals surface area contributed by atoms with Crippen LogP contribution in [0.1, 0.15) is 43.8 Å². The van der Waals surface area contributed by atoms with Gasteiger partial charge in [-0.3, -0.25) is 10.1 Å². The topological polar surface area (TPSA) is 72.6 Å². The Bertz CT molecular complexity index is 645. The molecule has 0 amide bonds. The van der Waals surface area contributed by atoms with Gasteiger partial charge >= 0.3 is 0 Å². The van der Waals surface area contributed by atoms with Crippen LogP contribution in [-0.2, 0) is 0 Å². The first kappa shape index (κ1) is 13.8. The number of nitro groups is 1. The van der Waals surface area contributed by atoms with E-state index in [0.29, 0.717) is 23.1 Å². The van der Waals surface area contributed by atoms with E-state index in [-0.39, 0.29) is 16.8 Å². The number of benzene rings is 1. The Kier molecular flexibility index (Phi) is 2.68. The second-order valence-electron chi connectivity index (χ2n) is 7.97. The summed E-state index contributed by atoms with van der Waals surface area (Å²) in [7, 11) is 0. The Labute approximate surface area is 134 Å². The molecule has 1 heterocycles. The molecule has 4 bridgehead atoms. The van der Waals surface area contributed by atoms with Crippen LogP contribution in [0.15, 0.2) is 24.3 Å². The van der Waals surface area contributed by atoms with Crippen molar-refractivity contribution in [3.05, 3.63) is 39.9 Å². The Hall–Kier alpha value is -1.62. The smallest absolute Gasteiger partial charge is 0.282 e. The maximum Gasteiger partial charge on any atom is 0.282 e. The lowest BCUT2D eigenvalue weighted by atomic mass is 9.47. The van der Waals surface area contributed by atoms with Gasteiger partial charge in [-0.05, 0) is 50.0 Å². The minimum atomic E-state index is -1.08. The zero-order valence-electron chi connectivity index (χ0n) is 12.9. The first-order valence-corrected chi connectivity index (χ1v) is 8.69. The van der Waals surface area contributed by atoms with Gasteiger partial charge in [0.1, 0.15) is 5.75 Å². The van der Waals surface area contributed by atoms with Crippen molar-refractivity contribution in [3.63, 3.8) is 0 Å². The minimum absolute atomic E-state index is 0.206. The van der Waals surface area contributed by atoms with Gasteiger partial charge < -0.3 is 9.84 Å². The molecule has 2 atom stereocenters. The fraction of sp³-hybridized carbons (Fsp3) is 0.667. The molecule has 5 heteroatoms. The molecule has 5 aliphatic rings. The fourth-order valence-corrected chi connectivity index (χ4v) is 6.34. The predicted octanol–water partition coefficient (Wildman–Crippen LogP) is 2.95. The molecule has 1 spiro atoms. The van der Waals surface area contributed by atoms with Crippen LogP contribution >= 0.6 is 0 Å². The average molecular weight is 315 g/mol. The molecule has 0 unspecified atom stereocenters. The molecule has 0 radical (unpaired) electrons. The summed E-state index contributed by atoms with van der Waals surface area (Å²) in [5.74, 6) is 2.46. The lowest BCUT2D eigenvalue weighted by Crippen LogP contribution is -2.70. The van der Waals surface area contributed by atoms with Crippen LogP contribution < -0.4 is 4.74 Å². The number of rotatable bonds is 1. The molecule has 4 aliphatic carbocycles. The molecule has 23 heavy (non-hydrogen) atoms. The minimum Gasteiger partial charge on any atom is -0.479 e. The number of para-hydroxylation sites is 1. The Morgan fingerprint density at radius 3 is 2.30 bits per heavy atom.